The number of nitrogens with two attached hydrogens (primary N) is 1. The molecule has 0 heterocycles. The summed E-state index contributed by atoms with van der Waals surface area (Å²) in [4.78, 5) is 36.2. The summed E-state index contributed by atoms with van der Waals surface area (Å²) in [6.45, 7) is 4.90. The third kappa shape index (κ3) is 30.7. The predicted octanol–water partition coefficient (Wildman–Crippen LogP) is 10.3. The Morgan fingerprint density at radius 2 is 1.07 bits per heavy atom. The average Bonchev–Trinajstić information content (AvgIpc) is 3.04. The van der Waals surface area contributed by atoms with E-state index in [1.807, 2.05) is 0 Å². The van der Waals surface area contributed by atoms with E-state index in [1.54, 1.807) is 0 Å². The number of allylic oxidation sites excluding steroid dienone is 2. The van der Waals surface area contributed by atoms with Gasteiger partial charge in [0.2, 0.25) is 5.91 Å². The van der Waals surface area contributed by atoms with Crippen LogP contribution in [0.2, 0.25) is 0 Å². The van der Waals surface area contributed by atoms with Crippen LogP contribution in [0.4, 0.5) is 0 Å². The summed E-state index contributed by atoms with van der Waals surface area (Å²) >= 11 is 0. The second-order valence-corrected chi connectivity index (χ2v) is 13.3. The summed E-state index contributed by atoms with van der Waals surface area (Å²) in [5.41, 5.74) is 5.47. The van der Waals surface area contributed by atoms with Crippen molar-refractivity contribution in [3.63, 3.8) is 0 Å². The topological polar surface area (TPSA) is 119 Å². The molecular weight excluding hydrogens is 576 g/mol. The summed E-state index contributed by atoms with van der Waals surface area (Å²) in [5.74, 6) is -1.27. The molecule has 46 heavy (non-hydrogen) atoms. The molecule has 0 spiro atoms. The molecule has 1 amide bonds. The van der Waals surface area contributed by atoms with Gasteiger partial charge >= 0.3 is 11.9 Å². The Bertz CT molecular complexity index is 742. The molecule has 0 aromatic carbocycles. The molecule has 7 nitrogen and oxygen atoms in total. The zero-order valence-electron chi connectivity index (χ0n) is 30.2. The minimum Gasteiger partial charge on any atom is -0.480 e. The molecule has 270 valence electrons. The first-order chi connectivity index (χ1) is 22.4. The van der Waals surface area contributed by atoms with Crippen molar-refractivity contribution in [2.24, 2.45) is 5.73 Å². The number of carboxylic acids is 1. The number of hydrogen-bond donors (Lipinski definition) is 3. The molecule has 0 aliphatic carbocycles. The van der Waals surface area contributed by atoms with Crippen LogP contribution < -0.4 is 11.1 Å². The molecular formula is C39H74N2O5. The fraction of sp³-hybridized carbons (Fsp3) is 0.872. The maximum absolute atomic E-state index is 12.6. The number of esters is 1. The summed E-state index contributed by atoms with van der Waals surface area (Å²) in [7, 11) is 0. The first kappa shape index (κ1) is 44.1. The van der Waals surface area contributed by atoms with Gasteiger partial charge < -0.3 is 20.9 Å². The molecule has 0 saturated heterocycles. The lowest BCUT2D eigenvalue weighted by atomic mass is 10.0. The Morgan fingerprint density at radius 1 is 0.609 bits per heavy atom. The highest BCUT2D eigenvalue weighted by Crippen LogP contribution is 2.18. The normalized spacial score (nSPS) is 12.8. The number of hydrogen-bond acceptors (Lipinski definition) is 5. The number of carboxylic acid groups (broad SMARTS) is 1. The van der Waals surface area contributed by atoms with E-state index < -0.39 is 12.0 Å². The smallest absolute Gasteiger partial charge is 0.326 e. The number of nitrogens with one attached hydrogen (secondary N) is 1. The van der Waals surface area contributed by atoms with Crippen molar-refractivity contribution in [3.05, 3.63) is 12.2 Å². The van der Waals surface area contributed by atoms with E-state index in [1.165, 1.54) is 103 Å². The van der Waals surface area contributed by atoms with Crippen molar-refractivity contribution < 1.29 is 24.2 Å². The highest BCUT2D eigenvalue weighted by molar-refractivity contribution is 5.83. The van der Waals surface area contributed by atoms with Gasteiger partial charge in [0.1, 0.15) is 12.1 Å². The quantitative estimate of drug-likeness (QED) is 0.0357. The molecule has 2 unspecified atom stereocenters. The SMILES string of the molecule is CCCCCCCC/C=C\CCCCCCCC(=O)OC(CCCCCCCC)CCCCCCC(=O)NC(CCCN)C(=O)O. The van der Waals surface area contributed by atoms with E-state index in [2.05, 4.69) is 31.3 Å². The van der Waals surface area contributed by atoms with Gasteiger partial charge in [-0.15, -0.1) is 0 Å². The third-order valence-corrected chi connectivity index (χ3v) is 8.83. The van der Waals surface area contributed by atoms with Gasteiger partial charge in [0.25, 0.3) is 0 Å². The monoisotopic (exact) mass is 651 g/mol. The van der Waals surface area contributed by atoms with E-state index >= 15 is 0 Å². The Balaban J connectivity index is 4.16. The molecule has 0 aromatic heterocycles. The van der Waals surface area contributed by atoms with Crippen molar-refractivity contribution in [3.8, 4) is 0 Å². The molecule has 0 bridgehead atoms. The van der Waals surface area contributed by atoms with Crippen LogP contribution in [-0.2, 0) is 19.1 Å². The fourth-order valence-corrected chi connectivity index (χ4v) is 5.86. The highest BCUT2D eigenvalue weighted by Gasteiger charge is 2.19. The Kier molecular flexibility index (Phi) is 33.0. The summed E-state index contributed by atoms with van der Waals surface area (Å²) in [5, 5.41) is 11.9. The maximum Gasteiger partial charge on any atom is 0.326 e. The van der Waals surface area contributed by atoms with E-state index in [9.17, 15) is 19.5 Å². The number of carbonyl (C=O) groups is 3. The molecule has 0 aromatic rings. The number of rotatable bonds is 35. The predicted molar refractivity (Wildman–Crippen MR) is 193 cm³/mol. The number of unbranched alkanes of at least 4 members (excludes halogenated alkanes) is 19. The molecule has 0 saturated carbocycles. The lowest BCUT2D eigenvalue weighted by Crippen LogP contribution is -2.40. The van der Waals surface area contributed by atoms with Gasteiger partial charge in [-0.05, 0) is 83.6 Å². The van der Waals surface area contributed by atoms with Crippen molar-refractivity contribution in [2.75, 3.05) is 6.54 Å². The third-order valence-electron chi connectivity index (χ3n) is 8.83. The molecule has 0 fully saturated rings. The summed E-state index contributed by atoms with van der Waals surface area (Å²) in [6, 6.07) is -0.861. The van der Waals surface area contributed by atoms with E-state index in [0.717, 1.165) is 57.8 Å². The first-order valence-electron chi connectivity index (χ1n) is 19.5. The van der Waals surface area contributed by atoms with Crippen molar-refractivity contribution in [1.29, 1.82) is 0 Å². The van der Waals surface area contributed by atoms with Crippen molar-refractivity contribution in [2.45, 2.75) is 212 Å². The molecule has 0 aliphatic heterocycles. The molecule has 2 atom stereocenters. The summed E-state index contributed by atoms with van der Waals surface area (Å²) < 4.78 is 5.96. The van der Waals surface area contributed by atoms with Crippen LogP contribution >= 0.6 is 0 Å². The molecule has 7 heteroatoms. The van der Waals surface area contributed by atoms with Gasteiger partial charge in [-0.2, -0.15) is 0 Å². The molecule has 0 rings (SSSR count). The number of ether oxygens (including phenoxy) is 1. The second-order valence-electron chi connectivity index (χ2n) is 13.3. The van der Waals surface area contributed by atoms with Crippen LogP contribution in [0.25, 0.3) is 0 Å². The zero-order valence-corrected chi connectivity index (χ0v) is 30.2. The first-order valence-corrected chi connectivity index (χ1v) is 19.5. The van der Waals surface area contributed by atoms with Crippen molar-refractivity contribution in [1.82, 2.24) is 5.32 Å². The van der Waals surface area contributed by atoms with Gasteiger partial charge in [0.15, 0.2) is 0 Å². The lowest BCUT2D eigenvalue weighted by Gasteiger charge is -2.18. The van der Waals surface area contributed by atoms with Crippen LogP contribution in [0.3, 0.4) is 0 Å². The lowest BCUT2D eigenvalue weighted by molar-refractivity contribution is -0.150. The zero-order chi connectivity index (χ0) is 33.9. The van der Waals surface area contributed by atoms with Crippen molar-refractivity contribution >= 4 is 17.8 Å². The minimum atomic E-state index is -1.01. The molecule has 0 aliphatic rings. The second kappa shape index (κ2) is 34.4. The van der Waals surface area contributed by atoms with Gasteiger partial charge in [-0.1, -0.05) is 122 Å². The summed E-state index contributed by atoms with van der Waals surface area (Å²) in [6.07, 6.45) is 35.4. The molecule has 0 radical (unpaired) electrons. The van der Waals surface area contributed by atoms with Crippen LogP contribution in [0.1, 0.15) is 200 Å². The van der Waals surface area contributed by atoms with E-state index in [4.69, 9.17) is 10.5 Å². The maximum atomic E-state index is 12.6. The van der Waals surface area contributed by atoms with Gasteiger partial charge in [0, 0.05) is 12.8 Å². The largest absolute Gasteiger partial charge is 0.480 e. The number of carbonyl (C=O) groups excluding carboxylic acids is 2. The van der Waals surface area contributed by atoms with Gasteiger partial charge in [0.05, 0.1) is 0 Å². The number of amides is 1. The van der Waals surface area contributed by atoms with Gasteiger partial charge in [-0.3, -0.25) is 9.59 Å². The van der Waals surface area contributed by atoms with E-state index in [0.29, 0.717) is 32.2 Å². The van der Waals surface area contributed by atoms with Crippen LogP contribution in [-0.4, -0.2) is 41.6 Å². The fourth-order valence-electron chi connectivity index (χ4n) is 5.86. The van der Waals surface area contributed by atoms with Crippen LogP contribution in [0, 0.1) is 0 Å². The van der Waals surface area contributed by atoms with E-state index in [-0.39, 0.29) is 18.0 Å². The standard InChI is InChI=1S/C39H74N2O5/c1-3-5-7-9-11-12-13-14-15-16-17-18-19-21-27-33-38(43)46-35(29-24-20-10-8-6-4-2)30-25-22-23-26-32-37(42)41-36(39(44)45)31-28-34-40/h14-15,35-36H,3-13,16-34,40H2,1-2H3,(H,41,42)(H,44,45)/b15-14-. The van der Waals surface area contributed by atoms with Gasteiger partial charge in [-0.25, -0.2) is 4.79 Å². The molecule has 4 N–H and O–H groups in total. The average molecular weight is 651 g/mol. The van der Waals surface area contributed by atoms with Crippen LogP contribution in [0.15, 0.2) is 12.2 Å². The Labute approximate surface area is 283 Å². The number of aliphatic carboxylic acids is 1. The van der Waals surface area contributed by atoms with Crippen LogP contribution in [0.5, 0.6) is 0 Å². The minimum absolute atomic E-state index is 0.0102. The highest BCUT2D eigenvalue weighted by atomic mass is 16.5. The Morgan fingerprint density at radius 3 is 1.57 bits per heavy atom. The Hall–Kier alpha value is -1.89.